The molecule has 2 aromatic rings. The maximum atomic E-state index is 13.6. The fourth-order valence-electron chi connectivity index (χ4n) is 2.88. The molecule has 2 heterocycles. The van der Waals surface area contributed by atoms with Crippen molar-refractivity contribution in [1.82, 2.24) is 14.9 Å². The number of para-hydroxylation sites is 1. The number of carbonyl (C=O) groups is 2. The van der Waals surface area contributed by atoms with Crippen LogP contribution in [0.25, 0.3) is 0 Å². The molecule has 2 N–H and O–H groups in total. The number of amides is 2. The molecular weight excluding hydrogens is 365 g/mol. The molecule has 28 heavy (non-hydrogen) atoms. The molecule has 0 spiro atoms. The van der Waals surface area contributed by atoms with Crippen molar-refractivity contribution in [3.63, 3.8) is 0 Å². The lowest BCUT2D eigenvalue weighted by atomic mass is 10.1. The molecule has 0 atom stereocenters. The fraction of sp³-hybridized carbons (Fsp3) is 0.368. The van der Waals surface area contributed by atoms with Crippen molar-refractivity contribution in [2.24, 2.45) is 0 Å². The van der Waals surface area contributed by atoms with E-state index in [2.05, 4.69) is 20.6 Å². The summed E-state index contributed by atoms with van der Waals surface area (Å²) in [5, 5.41) is 5.69. The van der Waals surface area contributed by atoms with Crippen LogP contribution in [0.1, 0.15) is 30.1 Å². The standard InChI is InChI=1S/C19H22FN5O3/c1-2-28-19(27)25-9-7-14(8-10-25)23-18-21-11-13(12-22-18)17(26)24-16-6-4-3-5-15(16)20/h3-6,11-12,14H,2,7-10H2,1H3,(H,24,26)(H,21,22,23). The molecule has 1 aliphatic rings. The Morgan fingerprint density at radius 2 is 1.89 bits per heavy atom. The lowest BCUT2D eigenvalue weighted by Gasteiger charge is -2.31. The zero-order chi connectivity index (χ0) is 19.9. The molecule has 8 nitrogen and oxygen atoms in total. The third-order valence-electron chi connectivity index (χ3n) is 4.39. The van der Waals surface area contributed by atoms with Crippen LogP contribution in [0.2, 0.25) is 0 Å². The Balaban J connectivity index is 1.52. The van der Waals surface area contributed by atoms with Gasteiger partial charge in [0, 0.05) is 31.5 Å². The molecular formula is C19H22FN5O3. The van der Waals surface area contributed by atoms with Crippen molar-refractivity contribution in [2.75, 3.05) is 30.3 Å². The fourth-order valence-corrected chi connectivity index (χ4v) is 2.88. The highest BCUT2D eigenvalue weighted by Crippen LogP contribution is 2.16. The van der Waals surface area contributed by atoms with Crippen molar-refractivity contribution in [1.29, 1.82) is 0 Å². The van der Waals surface area contributed by atoms with E-state index in [1.807, 2.05) is 0 Å². The van der Waals surface area contributed by atoms with Gasteiger partial charge in [0.25, 0.3) is 5.91 Å². The van der Waals surface area contributed by atoms with Crippen LogP contribution in [0, 0.1) is 5.82 Å². The molecule has 3 rings (SSSR count). The van der Waals surface area contributed by atoms with E-state index in [4.69, 9.17) is 4.74 Å². The van der Waals surface area contributed by atoms with E-state index in [1.54, 1.807) is 24.0 Å². The molecule has 1 aliphatic heterocycles. The Morgan fingerprint density at radius 3 is 2.54 bits per heavy atom. The summed E-state index contributed by atoms with van der Waals surface area (Å²) >= 11 is 0. The second-order valence-corrected chi connectivity index (χ2v) is 6.33. The minimum Gasteiger partial charge on any atom is -0.450 e. The minimum atomic E-state index is -0.510. The maximum Gasteiger partial charge on any atom is 0.409 e. The number of halogens is 1. The van der Waals surface area contributed by atoms with E-state index in [0.717, 1.165) is 12.8 Å². The second-order valence-electron chi connectivity index (χ2n) is 6.33. The Morgan fingerprint density at radius 1 is 1.21 bits per heavy atom. The molecule has 0 bridgehead atoms. The van der Waals surface area contributed by atoms with Crippen LogP contribution < -0.4 is 10.6 Å². The van der Waals surface area contributed by atoms with Gasteiger partial charge in [-0.2, -0.15) is 0 Å². The van der Waals surface area contributed by atoms with Crippen molar-refractivity contribution in [3.05, 3.63) is 48.0 Å². The number of benzene rings is 1. The topological polar surface area (TPSA) is 96.5 Å². The molecule has 1 saturated heterocycles. The molecule has 0 radical (unpaired) electrons. The Kier molecular flexibility index (Phi) is 6.36. The highest BCUT2D eigenvalue weighted by Gasteiger charge is 2.24. The number of rotatable bonds is 5. The van der Waals surface area contributed by atoms with Gasteiger partial charge in [0.2, 0.25) is 5.95 Å². The van der Waals surface area contributed by atoms with E-state index in [9.17, 15) is 14.0 Å². The molecule has 1 aromatic heterocycles. The number of piperidine rings is 1. The van der Waals surface area contributed by atoms with E-state index < -0.39 is 11.7 Å². The van der Waals surface area contributed by atoms with Crippen LogP contribution in [0.5, 0.6) is 0 Å². The first kappa shape index (κ1) is 19.5. The van der Waals surface area contributed by atoms with Crippen LogP contribution in [0.15, 0.2) is 36.7 Å². The highest BCUT2D eigenvalue weighted by molar-refractivity contribution is 6.03. The summed E-state index contributed by atoms with van der Waals surface area (Å²) in [5.74, 6) is -0.597. The van der Waals surface area contributed by atoms with E-state index in [0.29, 0.717) is 25.6 Å². The number of nitrogens with zero attached hydrogens (tertiary/aromatic N) is 3. The van der Waals surface area contributed by atoms with Gasteiger partial charge in [-0.1, -0.05) is 12.1 Å². The van der Waals surface area contributed by atoms with E-state index >= 15 is 0 Å². The van der Waals surface area contributed by atoms with Crippen molar-refractivity contribution < 1.29 is 18.7 Å². The highest BCUT2D eigenvalue weighted by atomic mass is 19.1. The van der Waals surface area contributed by atoms with Gasteiger partial charge in [-0.15, -0.1) is 0 Å². The number of carbonyl (C=O) groups excluding carboxylic acids is 2. The summed E-state index contributed by atoms with van der Waals surface area (Å²) < 4.78 is 18.6. The van der Waals surface area contributed by atoms with E-state index in [-0.39, 0.29) is 23.4 Å². The van der Waals surface area contributed by atoms with Gasteiger partial charge >= 0.3 is 6.09 Å². The quantitative estimate of drug-likeness (QED) is 0.819. The summed E-state index contributed by atoms with van der Waals surface area (Å²) in [7, 11) is 0. The summed E-state index contributed by atoms with van der Waals surface area (Å²) in [4.78, 5) is 33.9. The predicted molar refractivity (Wildman–Crippen MR) is 102 cm³/mol. The largest absolute Gasteiger partial charge is 0.450 e. The van der Waals surface area contributed by atoms with Gasteiger partial charge in [-0.25, -0.2) is 19.2 Å². The molecule has 2 amide bonds. The molecule has 1 aromatic carbocycles. The lowest BCUT2D eigenvalue weighted by Crippen LogP contribution is -2.42. The second kappa shape index (κ2) is 9.12. The monoisotopic (exact) mass is 387 g/mol. The first-order chi connectivity index (χ1) is 13.6. The van der Waals surface area contributed by atoms with Gasteiger partial charge in [0.05, 0.1) is 17.9 Å². The zero-order valence-electron chi connectivity index (χ0n) is 15.5. The van der Waals surface area contributed by atoms with Crippen LogP contribution in [0.4, 0.5) is 20.8 Å². The average Bonchev–Trinajstić information content (AvgIpc) is 2.71. The number of hydrogen-bond acceptors (Lipinski definition) is 6. The molecule has 0 unspecified atom stereocenters. The first-order valence-corrected chi connectivity index (χ1v) is 9.13. The number of nitrogens with one attached hydrogen (secondary N) is 2. The molecule has 1 fully saturated rings. The van der Waals surface area contributed by atoms with Crippen LogP contribution in [0.3, 0.4) is 0 Å². The smallest absolute Gasteiger partial charge is 0.409 e. The van der Waals surface area contributed by atoms with Gasteiger partial charge in [0.1, 0.15) is 5.82 Å². The van der Waals surface area contributed by atoms with E-state index in [1.165, 1.54) is 24.5 Å². The Hall–Kier alpha value is -3.23. The summed E-state index contributed by atoms with van der Waals surface area (Å²) in [6.45, 7) is 3.34. The van der Waals surface area contributed by atoms with Crippen molar-refractivity contribution >= 4 is 23.6 Å². The van der Waals surface area contributed by atoms with Crippen LogP contribution >= 0.6 is 0 Å². The van der Waals surface area contributed by atoms with Gasteiger partial charge in [-0.05, 0) is 31.9 Å². The number of ether oxygens (including phenoxy) is 1. The Labute approximate surface area is 162 Å². The summed E-state index contributed by atoms with van der Waals surface area (Å²) in [6.07, 6.45) is 3.98. The molecule has 148 valence electrons. The zero-order valence-corrected chi connectivity index (χ0v) is 15.5. The van der Waals surface area contributed by atoms with Crippen molar-refractivity contribution in [3.8, 4) is 0 Å². The average molecular weight is 387 g/mol. The number of aromatic nitrogens is 2. The SMILES string of the molecule is CCOC(=O)N1CCC(Nc2ncc(C(=O)Nc3ccccc3F)cn2)CC1. The number of anilines is 2. The minimum absolute atomic E-state index is 0.100. The van der Waals surface area contributed by atoms with Crippen molar-refractivity contribution in [2.45, 2.75) is 25.8 Å². The number of likely N-dealkylation sites (tertiary alicyclic amines) is 1. The number of hydrogen-bond donors (Lipinski definition) is 2. The Bertz CT molecular complexity index is 823. The van der Waals surface area contributed by atoms with Gasteiger partial charge in [-0.3, -0.25) is 4.79 Å². The third kappa shape index (κ3) is 4.93. The maximum absolute atomic E-state index is 13.6. The van der Waals surface area contributed by atoms with Gasteiger partial charge in [0.15, 0.2) is 0 Å². The van der Waals surface area contributed by atoms with Gasteiger partial charge < -0.3 is 20.3 Å². The predicted octanol–water partition coefficient (Wildman–Crippen LogP) is 2.90. The van der Waals surface area contributed by atoms with Crippen LogP contribution in [-0.2, 0) is 4.74 Å². The third-order valence-corrected chi connectivity index (χ3v) is 4.39. The van der Waals surface area contributed by atoms with Crippen LogP contribution in [-0.4, -0.2) is 52.6 Å². The molecule has 0 saturated carbocycles. The normalized spacial score (nSPS) is 14.4. The summed E-state index contributed by atoms with van der Waals surface area (Å²) in [5.41, 5.74) is 0.328. The summed E-state index contributed by atoms with van der Waals surface area (Å²) in [6, 6.07) is 6.06. The lowest BCUT2D eigenvalue weighted by molar-refractivity contribution is 0.0982. The molecule has 9 heteroatoms. The first-order valence-electron chi connectivity index (χ1n) is 9.13. The molecule has 0 aliphatic carbocycles.